The van der Waals surface area contributed by atoms with Gasteiger partial charge in [0.15, 0.2) is 0 Å². The number of methoxy groups -OCH3 is 1. The van der Waals surface area contributed by atoms with Crippen LogP contribution in [-0.4, -0.2) is 58.2 Å². The van der Waals surface area contributed by atoms with Gasteiger partial charge in [0.2, 0.25) is 0 Å². The van der Waals surface area contributed by atoms with Gasteiger partial charge in [0.05, 0.1) is 18.4 Å². The Morgan fingerprint density at radius 3 is 3.12 bits per heavy atom. The molecule has 0 aromatic carbocycles. The molecule has 1 rings (SSSR count). The number of hydrogen-bond acceptors (Lipinski definition) is 6. The minimum Gasteiger partial charge on any atom is -0.396 e. The average Bonchev–Trinajstić information content (AvgIpc) is 2.75. The van der Waals surface area contributed by atoms with E-state index in [2.05, 4.69) is 15.6 Å². The zero-order valence-corrected chi connectivity index (χ0v) is 10.0. The first-order valence-electron chi connectivity index (χ1n) is 5.64. The summed E-state index contributed by atoms with van der Waals surface area (Å²) < 4.78 is 6.50. The number of aryl methyl sites for hydroxylation is 1. The molecule has 0 aliphatic rings. The van der Waals surface area contributed by atoms with Crippen molar-refractivity contribution in [2.75, 3.05) is 26.9 Å². The molecule has 3 N–H and O–H groups in total. The Bertz CT molecular complexity index is 305. The van der Waals surface area contributed by atoms with Crippen LogP contribution < -0.4 is 5.32 Å². The summed E-state index contributed by atoms with van der Waals surface area (Å²) in [5.74, 6) is 0. The molecular formula is C10H20N4O3. The van der Waals surface area contributed by atoms with Crippen molar-refractivity contribution in [2.24, 2.45) is 0 Å². The highest BCUT2D eigenvalue weighted by atomic mass is 16.5. The van der Waals surface area contributed by atoms with Crippen molar-refractivity contribution in [3.05, 3.63) is 11.9 Å². The quantitative estimate of drug-likeness (QED) is 0.503. The zero-order chi connectivity index (χ0) is 12.5. The molecule has 0 radical (unpaired) electrons. The topological polar surface area (TPSA) is 92.4 Å². The first-order valence-corrected chi connectivity index (χ1v) is 5.64. The highest BCUT2D eigenvalue weighted by Crippen LogP contribution is 1.94. The predicted molar refractivity (Wildman–Crippen MR) is 61.3 cm³/mol. The third kappa shape index (κ3) is 5.73. The van der Waals surface area contributed by atoms with E-state index in [0.29, 0.717) is 32.7 Å². The number of rotatable bonds is 9. The smallest absolute Gasteiger partial charge is 0.0964 e. The number of aliphatic hydroxyl groups is 2. The summed E-state index contributed by atoms with van der Waals surface area (Å²) in [5.41, 5.74) is 0.813. The van der Waals surface area contributed by atoms with Crippen molar-refractivity contribution in [1.82, 2.24) is 20.3 Å². The maximum atomic E-state index is 9.39. The molecule has 0 spiro atoms. The first-order chi connectivity index (χ1) is 8.26. The summed E-state index contributed by atoms with van der Waals surface area (Å²) in [7, 11) is 1.55. The van der Waals surface area contributed by atoms with Crippen molar-refractivity contribution >= 4 is 0 Å². The number of aliphatic hydroxyl groups excluding tert-OH is 2. The van der Waals surface area contributed by atoms with Crippen molar-refractivity contribution in [3.8, 4) is 0 Å². The fraction of sp³-hybridized carbons (Fsp3) is 0.800. The van der Waals surface area contributed by atoms with Gasteiger partial charge in [-0.1, -0.05) is 5.21 Å². The van der Waals surface area contributed by atoms with Crippen LogP contribution in [0.25, 0.3) is 0 Å². The van der Waals surface area contributed by atoms with E-state index in [-0.39, 0.29) is 6.61 Å². The molecule has 1 atom stereocenters. The average molecular weight is 244 g/mol. The summed E-state index contributed by atoms with van der Waals surface area (Å²) in [4.78, 5) is 0. The van der Waals surface area contributed by atoms with Gasteiger partial charge in [0, 0.05) is 39.5 Å². The fourth-order valence-corrected chi connectivity index (χ4v) is 1.38. The summed E-state index contributed by atoms with van der Waals surface area (Å²) >= 11 is 0. The van der Waals surface area contributed by atoms with E-state index in [0.717, 1.165) is 5.69 Å². The van der Waals surface area contributed by atoms with E-state index in [1.807, 2.05) is 6.20 Å². The predicted octanol–water partition coefficient (Wildman–Crippen LogP) is -1.24. The molecule has 0 aliphatic heterocycles. The molecule has 7 heteroatoms. The third-order valence-electron chi connectivity index (χ3n) is 2.18. The second-order valence-electron chi connectivity index (χ2n) is 3.79. The standard InChI is InChI=1S/C10H20N4O3/c1-17-8-10(16)6-11-5-9-7-14(13-12-9)3-2-4-15/h7,10-11,15-16H,2-6,8H2,1H3. The Labute approximate surface area is 100 Å². The zero-order valence-electron chi connectivity index (χ0n) is 10.0. The number of nitrogens with one attached hydrogen (secondary N) is 1. The Kier molecular flexibility index (Phi) is 6.71. The molecule has 1 heterocycles. The van der Waals surface area contributed by atoms with Gasteiger partial charge in [0.1, 0.15) is 0 Å². The van der Waals surface area contributed by atoms with E-state index < -0.39 is 6.10 Å². The van der Waals surface area contributed by atoms with E-state index in [1.165, 1.54) is 0 Å². The molecule has 1 aromatic rings. The minimum absolute atomic E-state index is 0.149. The largest absolute Gasteiger partial charge is 0.396 e. The highest BCUT2D eigenvalue weighted by molar-refractivity contribution is 4.91. The first kappa shape index (κ1) is 14.0. The van der Waals surface area contributed by atoms with Gasteiger partial charge in [-0.2, -0.15) is 0 Å². The van der Waals surface area contributed by atoms with Gasteiger partial charge in [-0.25, -0.2) is 0 Å². The van der Waals surface area contributed by atoms with Gasteiger partial charge < -0.3 is 20.3 Å². The van der Waals surface area contributed by atoms with Crippen LogP contribution in [0.5, 0.6) is 0 Å². The maximum absolute atomic E-state index is 9.39. The summed E-state index contributed by atoms with van der Waals surface area (Å²) in [6.45, 7) is 2.14. The van der Waals surface area contributed by atoms with E-state index in [9.17, 15) is 5.11 Å². The number of aromatic nitrogens is 3. The lowest BCUT2D eigenvalue weighted by Crippen LogP contribution is -2.29. The summed E-state index contributed by atoms with van der Waals surface area (Å²) in [6.07, 6.45) is 1.98. The maximum Gasteiger partial charge on any atom is 0.0964 e. The number of nitrogens with zero attached hydrogens (tertiary/aromatic N) is 3. The van der Waals surface area contributed by atoms with Crippen molar-refractivity contribution in [1.29, 1.82) is 0 Å². The molecule has 17 heavy (non-hydrogen) atoms. The van der Waals surface area contributed by atoms with Gasteiger partial charge in [0.25, 0.3) is 0 Å². The molecule has 0 saturated carbocycles. The second-order valence-corrected chi connectivity index (χ2v) is 3.79. The normalized spacial score (nSPS) is 12.9. The van der Waals surface area contributed by atoms with Gasteiger partial charge in [-0.05, 0) is 6.42 Å². The van der Waals surface area contributed by atoms with Crippen molar-refractivity contribution in [2.45, 2.75) is 25.6 Å². The van der Waals surface area contributed by atoms with Crippen LogP contribution in [0.1, 0.15) is 12.1 Å². The van der Waals surface area contributed by atoms with Crippen LogP contribution in [0.4, 0.5) is 0 Å². The van der Waals surface area contributed by atoms with Crippen LogP contribution in [0.2, 0.25) is 0 Å². The molecule has 0 amide bonds. The molecule has 0 saturated heterocycles. The Hall–Kier alpha value is -1.02. The molecule has 1 aromatic heterocycles. The fourth-order valence-electron chi connectivity index (χ4n) is 1.38. The molecule has 1 unspecified atom stereocenters. The van der Waals surface area contributed by atoms with Crippen LogP contribution in [0.15, 0.2) is 6.20 Å². The van der Waals surface area contributed by atoms with Crippen LogP contribution in [0, 0.1) is 0 Å². The third-order valence-corrected chi connectivity index (χ3v) is 2.18. The molecular weight excluding hydrogens is 224 g/mol. The van der Waals surface area contributed by atoms with Gasteiger partial charge >= 0.3 is 0 Å². The lowest BCUT2D eigenvalue weighted by Gasteiger charge is -2.09. The van der Waals surface area contributed by atoms with Crippen molar-refractivity contribution < 1.29 is 14.9 Å². The minimum atomic E-state index is -0.510. The SMILES string of the molecule is COCC(O)CNCc1cn(CCCO)nn1. The van der Waals surface area contributed by atoms with Crippen molar-refractivity contribution in [3.63, 3.8) is 0 Å². The molecule has 0 aliphatic carbocycles. The second kappa shape index (κ2) is 8.13. The molecule has 98 valence electrons. The molecule has 0 bridgehead atoms. The number of ether oxygens (including phenoxy) is 1. The summed E-state index contributed by atoms with van der Waals surface area (Å²) in [6, 6.07) is 0. The Balaban J connectivity index is 2.20. The monoisotopic (exact) mass is 244 g/mol. The van der Waals surface area contributed by atoms with Crippen LogP contribution in [-0.2, 0) is 17.8 Å². The van der Waals surface area contributed by atoms with Crippen LogP contribution >= 0.6 is 0 Å². The summed E-state index contributed by atoms with van der Waals surface area (Å²) in [5, 5.41) is 29.0. The highest BCUT2D eigenvalue weighted by Gasteiger charge is 2.04. The van der Waals surface area contributed by atoms with E-state index in [4.69, 9.17) is 9.84 Å². The molecule has 0 fully saturated rings. The van der Waals surface area contributed by atoms with Crippen LogP contribution in [0.3, 0.4) is 0 Å². The Morgan fingerprint density at radius 1 is 1.59 bits per heavy atom. The van der Waals surface area contributed by atoms with Gasteiger partial charge in [-0.15, -0.1) is 5.10 Å². The number of hydrogen-bond donors (Lipinski definition) is 3. The lowest BCUT2D eigenvalue weighted by atomic mass is 10.3. The lowest BCUT2D eigenvalue weighted by molar-refractivity contribution is 0.0643. The molecule has 7 nitrogen and oxygen atoms in total. The Morgan fingerprint density at radius 2 is 2.41 bits per heavy atom. The van der Waals surface area contributed by atoms with Gasteiger partial charge in [-0.3, -0.25) is 4.68 Å². The van der Waals surface area contributed by atoms with E-state index >= 15 is 0 Å². The van der Waals surface area contributed by atoms with E-state index in [1.54, 1.807) is 11.8 Å².